The SMILES string of the molecule is CCOCCN(C)S(=O)(=O)c1csc(CNC)c1. The minimum Gasteiger partial charge on any atom is -0.380 e. The summed E-state index contributed by atoms with van der Waals surface area (Å²) in [5.41, 5.74) is 0. The largest absolute Gasteiger partial charge is 0.380 e. The van der Waals surface area contributed by atoms with Crippen molar-refractivity contribution in [1.82, 2.24) is 9.62 Å². The molecule has 0 amide bonds. The average Bonchev–Trinajstić information content (AvgIpc) is 2.79. The summed E-state index contributed by atoms with van der Waals surface area (Å²) in [7, 11) is 0.0276. The molecule has 5 nitrogen and oxygen atoms in total. The Hall–Kier alpha value is -0.470. The maximum Gasteiger partial charge on any atom is 0.243 e. The fourth-order valence-electron chi connectivity index (χ4n) is 1.40. The highest BCUT2D eigenvalue weighted by Crippen LogP contribution is 2.21. The summed E-state index contributed by atoms with van der Waals surface area (Å²) in [5.74, 6) is 0. The van der Waals surface area contributed by atoms with Gasteiger partial charge in [0.1, 0.15) is 0 Å². The van der Waals surface area contributed by atoms with Crippen LogP contribution < -0.4 is 5.32 Å². The third-order valence-electron chi connectivity index (χ3n) is 2.44. The fourth-order valence-corrected chi connectivity index (χ4v) is 3.83. The number of nitrogens with zero attached hydrogens (tertiary/aromatic N) is 1. The van der Waals surface area contributed by atoms with Crippen LogP contribution in [0.4, 0.5) is 0 Å². The van der Waals surface area contributed by atoms with Crippen molar-refractivity contribution in [2.24, 2.45) is 0 Å². The van der Waals surface area contributed by atoms with Gasteiger partial charge in [0.15, 0.2) is 0 Å². The van der Waals surface area contributed by atoms with E-state index in [1.807, 2.05) is 14.0 Å². The molecule has 0 spiro atoms. The summed E-state index contributed by atoms with van der Waals surface area (Å²) < 4.78 is 30.9. The van der Waals surface area contributed by atoms with Gasteiger partial charge >= 0.3 is 0 Å². The first-order valence-corrected chi connectivity index (χ1v) is 8.10. The monoisotopic (exact) mass is 292 g/mol. The van der Waals surface area contributed by atoms with Gasteiger partial charge in [0, 0.05) is 37.0 Å². The van der Waals surface area contributed by atoms with Crippen molar-refractivity contribution in [2.75, 3.05) is 33.9 Å². The number of nitrogens with one attached hydrogen (secondary N) is 1. The number of likely N-dealkylation sites (N-methyl/N-ethyl adjacent to an activating group) is 1. The zero-order valence-electron chi connectivity index (χ0n) is 11.0. The van der Waals surface area contributed by atoms with E-state index in [1.54, 1.807) is 18.5 Å². The highest BCUT2D eigenvalue weighted by atomic mass is 32.2. The first kappa shape index (κ1) is 15.6. The maximum atomic E-state index is 12.2. The topological polar surface area (TPSA) is 58.6 Å². The van der Waals surface area contributed by atoms with Gasteiger partial charge in [-0.2, -0.15) is 4.31 Å². The summed E-state index contributed by atoms with van der Waals surface area (Å²) in [4.78, 5) is 1.37. The van der Waals surface area contributed by atoms with Gasteiger partial charge in [0.2, 0.25) is 10.0 Å². The average molecular weight is 292 g/mol. The first-order valence-electron chi connectivity index (χ1n) is 5.78. The van der Waals surface area contributed by atoms with Gasteiger partial charge < -0.3 is 10.1 Å². The molecule has 0 aliphatic heterocycles. The van der Waals surface area contributed by atoms with Gasteiger partial charge in [-0.1, -0.05) is 0 Å². The van der Waals surface area contributed by atoms with E-state index in [2.05, 4.69) is 5.32 Å². The molecule has 0 aromatic carbocycles. The smallest absolute Gasteiger partial charge is 0.243 e. The molecule has 0 radical (unpaired) electrons. The van der Waals surface area contributed by atoms with Crippen LogP contribution in [0.1, 0.15) is 11.8 Å². The Labute approximate surface area is 113 Å². The predicted octanol–water partition coefficient (Wildman–Crippen LogP) is 1.12. The molecule has 1 N–H and O–H groups in total. The van der Waals surface area contributed by atoms with Crippen molar-refractivity contribution in [3.8, 4) is 0 Å². The third kappa shape index (κ3) is 4.03. The van der Waals surface area contributed by atoms with Crippen LogP contribution in [0.2, 0.25) is 0 Å². The molecule has 7 heteroatoms. The second-order valence-electron chi connectivity index (χ2n) is 3.80. The van der Waals surface area contributed by atoms with E-state index < -0.39 is 10.0 Å². The highest BCUT2D eigenvalue weighted by Gasteiger charge is 2.21. The molecule has 0 saturated heterocycles. The molecule has 104 valence electrons. The molecule has 0 fully saturated rings. The molecule has 0 aliphatic rings. The van der Waals surface area contributed by atoms with Gasteiger partial charge in [-0.3, -0.25) is 0 Å². The minimum atomic E-state index is -3.38. The Morgan fingerprint density at radius 3 is 2.83 bits per heavy atom. The van der Waals surface area contributed by atoms with E-state index in [0.29, 0.717) is 31.2 Å². The van der Waals surface area contributed by atoms with Crippen molar-refractivity contribution in [3.63, 3.8) is 0 Å². The summed E-state index contributed by atoms with van der Waals surface area (Å²) in [5, 5.41) is 4.68. The summed E-state index contributed by atoms with van der Waals surface area (Å²) >= 11 is 1.45. The quantitative estimate of drug-likeness (QED) is 0.730. The number of thiophene rings is 1. The molecule has 1 aromatic rings. The summed E-state index contributed by atoms with van der Waals surface area (Å²) in [6, 6.07) is 1.72. The van der Waals surface area contributed by atoms with E-state index in [9.17, 15) is 8.42 Å². The Kier molecular flexibility index (Phi) is 6.24. The molecule has 18 heavy (non-hydrogen) atoms. The van der Waals surface area contributed by atoms with Crippen LogP contribution >= 0.6 is 11.3 Å². The molecule has 1 rings (SSSR count). The third-order valence-corrected chi connectivity index (χ3v) is 5.36. The lowest BCUT2D eigenvalue weighted by molar-refractivity contribution is 0.138. The molecule has 0 aliphatic carbocycles. The molecule has 0 atom stereocenters. The van der Waals surface area contributed by atoms with Crippen molar-refractivity contribution in [3.05, 3.63) is 16.3 Å². The molecule has 1 aromatic heterocycles. The Morgan fingerprint density at radius 2 is 2.22 bits per heavy atom. The zero-order valence-corrected chi connectivity index (χ0v) is 12.6. The molecular weight excluding hydrogens is 272 g/mol. The molecular formula is C11H20N2O3S2. The standard InChI is InChI=1S/C11H20N2O3S2/c1-4-16-6-5-13(3)18(14,15)11-7-10(8-12-2)17-9-11/h7,9,12H,4-6,8H2,1-3H3. The van der Waals surface area contributed by atoms with Crippen LogP contribution in [0.5, 0.6) is 0 Å². The second kappa shape index (κ2) is 7.20. The van der Waals surface area contributed by atoms with E-state index >= 15 is 0 Å². The van der Waals surface area contributed by atoms with Gasteiger partial charge in [-0.15, -0.1) is 11.3 Å². The maximum absolute atomic E-state index is 12.2. The van der Waals surface area contributed by atoms with Gasteiger partial charge in [0.25, 0.3) is 0 Å². The Balaban J connectivity index is 2.71. The van der Waals surface area contributed by atoms with E-state index in [-0.39, 0.29) is 0 Å². The summed E-state index contributed by atoms with van der Waals surface area (Å²) in [6.07, 6.45) is 0. The van der Waals surface area contributed by atoms with Crippen LogP contribution in [0.15, 0.2) is 16.3 Å². The van der Waals surface area contributed by atoms with E-state index in [0.717, 1.165) is 4.88 Å². The van der Waals surface area contributed by atoms with Crippen LogP contribution in [0, 0.1) is 0 Å². The fraction of sp³-hybridized carbons (Fsp3) is 0.636. The molecule has 0 unspecified atom stereocenters. The molecule has 1 heterocycles. The Bertz CT molecular complexity index is 457. The number of hydrogen-bond acceptors (Lipinski definition) is 5. The molecule has 0 saturated carbocycles. The van der Waals surface area contributed by atoms with Gasteiger partial charge in [-0.05, 0) is 20.0 Å². The van der Waals surface area contributed by atoms with E-state index in [4.69, 9.17) is 4.74 Å². The summed E-state index contributed by atoms with van der Waals surface area (Å²) in [6.45, 7) is 3.95. The number of hydrogen-bond donors (Lipinski definition) is 1. The van der Waals surface area contributed by atoms with Crippen molar-refractivity contribution >= 4 is 21.4 Å². The van der Waals surface area contributed by atoms with Crippen molar-refractivity contribution in [1.29, 1.82) is 0 Å². The van der Waals surface area contributed by atoms with E-state index in [1.165, 1.54) is 15.6 Å². The number of rotatable bonds is 8. The second-order valence-corrected chi connectivity index (χ2v) is 6.84. The lowest BCUT2D eigenvalue weighted by atomic mass is 10.5. The van der Waals surface area contributed by atoms with Crippen LogP contribution in [-0.2, 0) is 21.3 Å². The minimum absolute atomic E-state index is 0.358. The lowest BCUT2D eigenvalue weighted by Crippen LogP contribution is -2.30. The van der Waals surface area contributed by atoms with Crippen LogP contribution in [0.25, 0.3) is 0 Å². The number of sulfonamides is 1. The molecule has 0 bridgehead atoms. The van der Waals surface area contributed by atoms with Crippen molar-refractivity contribution in [2.45, 2.75) is 18.4 Å². The van der Waals surface area contributed by atoms with Gasteiger partial charge in [0.05, 0.1) is 11.5 Å². The highest BCUT2D eigenvalue weighted by molar-refractivity contribution is 7.89. The van der Waals surface area contributed by atoms with Crippen molar-refractivity contribution < 1.29 is 13.2 Å². The number of ether oxygens (including phenoxy) is 1. The zero-order chi connectivity index (χ0) is 13.6. The Morgan fingerprint density at radius 1 is 1.50 bits per heavy atom. The first-order chi connectivity index (χ1) is 8.52. The van der Waals surface area contributed by atoms with Gasteiger partial charge in [-0.25, -0.2) is 8.42 Å². The predicted molar refractivity (Wildman–Crippen MR) is 73.4 cm³/mol. The normalized spacial score (nSPS) is 12.2. The lowest BCUT2D eigenvalue weighted by Gasteiger charge is -2.15. The van der Waals surface area contributed by atoms with Crippen LogP contribution in [0.3, 0.4) is 0 Å². The van der Waals surface area contributed by atoms with Crippen LogP contribution in [-0.4, -0.2) is 46.6 Å².